The summed E-state index contributed by atoms with van der Waals surface area (Å²) in [6.07, 6.45) is 5.74. The Morgan fingerprint density at radius 3 is 3.05 bits per heavy atom. The highest BCUT2D eigenvalue weighted by Gasteiger charge is 2.20. The van der Waals surface area contributed by atoms with Crippen LogP contribution in [-0.4, -0.2) is 36.2 Å². The van der Waals surface area contributed by atoms with E-state index in [4.69, 9.17) is 0 Å². The van der Waals surface area contributed by atoms with Crippen LogP contribution in [-0.2, 0) is 4.79 Å². The van der Waals surface area contributed by atoms with Crippen LogP contribution >= 0.6 is 11.8 Å². The molecule has 2 rings (SSSR count). The van der Waals surface area contributed by atoms with Crippen LogP contribution in [0, 0.1) is 0 Å². The summed E-state index contributed by atoms with van der Waals surface area (Å²) in [5.74, 6) is 0.0898. The monoisotopic (exact) mass is 278 g/mol. The average molecular weight is 278 g/mol. The number of carbonyl (C=O) groups excluding carboxylic acids is 1. The lowest BCUT2D eigenvalue weighted by Gasteiger charge is -2.32. The van der Waals surface area contributed by atoms with Gasteiger partial charge in [0, 0.05) is 16.6 Å². The Bertz CT molecular complexity index is 436. The van der Waals surface area contributed by atoms with Crippen LogP contribution in [0.25, 0.3) is 0 Å². The minimum absolute atomic E-state index is 0.0898. The fraction of sp³-hybridized carbons (Fsp3) is 0.533. The van der Waals surface area contributed by atoms with Crippen molar-refractivity contribution in [1.29, 1.82) is 0 Å². The van der Waals surface area contributed by atoms with Gasteiger partial charge in [-0.3, -0.25) is 9.69 Å². The molecule has 1 atom stereocenters. The first kappa shape index (κ1) is 14.4. The number of benzene rings is 1. The van der Waals surface area contributed by atoms with Crippen LogP contribution in [0.1, 0.15) is 26.2 Å². The number of hydrogen-bond acceptors (Lipinski definition) is 3. The van der Waals surface area contributed by atoms with E-state index in [-0.39, 0.29) is 5.91 Å². The van der Waals surface area contributed by atoms with Crippen molar-refractivity contribution in [2.24, 2.45) is 0 Å². The van der Waals surface area contributed by atoms with Gasteiger partial charge < -0.3 is 5.32 Å². The maximum Gasteiger partial charge on any atom is 0.238 e. The van der Waals surface area contributed by atoms with E-state index in [1.54, 1.807) is 11.8 Å². The SMILES string of the molecule is CSc1cccc(NC(=O)CN2CCCCC2C)c1. The number of nitrogens with zero attached hydrogens (tertiary/aromatic N) is 1. The molecule has 1 aromatic rings. The molecule has 0 aromatic heterocycles. The average Bonchev–Trinajstić information content (AvgIpc) is 2.41. The molecule has 0 spiro atoms. The van der Waals surface area contributed by atoms with Gasteiger partial charge in [-0.15, -0.1) is 11.8 Å². The van der Waals surface area contributed by atoms with Gasteiger partial charge in [-0.05, 0) is 50.8 Å². The fourth-order valence-corrected chi connectivity index (χ4v) is 2.94. The van der Waals surface area contributed by atoms with Crippen LogP contribution in [0.5, 0.6) is 0 Å². The summed E-state index contributed by atoms with van der Waals surface area (Å²) in [7, 11) is 0. The number of likely N-dealkylation sites (tertiary alicyclic amines) is 1. The molecule has 1 heterocycles. The highest BCUT2D eigenvalue weighted by Crippen LogP contribution is 2.19. The van der Waals surface area contributed by atoms with Crippen molar-refractivity contribution in [3.05, 3.63) is 24.3 Å². The number of piperidine rings is 1. The smallest absolute Gasteiger partial charge is 0.238 e. The van der Waals surface area contributed by atoms with Crippen molar-refractivity contribution in [1.82, 2.24) is 4.90 Å². The van der Waals surface area contributed by atoms with E-state index < -0.39 is 0 Å². The first-order valence-electron chi connectivity index (χ1n) is 6.87. The normalized spacial score (nSPS) is 20.2. The number of amides is 1. The second kappa shape index (κ2) is 6.96. The van der Waals surface area contributed by atoms with Crippen LogP contribution < -0.4 is 5.32 Å². The third-order valence-corrected chi connectivity index (χ3v) is 4.37. The van der Waals surface area contributed by atoms with Gasteiger partial charge in [-0.1, -0.05) is 12.5 Å². The molecule has 1 aromatic carbocycles. The van der Waals surface area contributed by atoms with Gasteiger partial charge in [0.15, 0.2) is 0 Å². The van der Waals surface area contributed by atoms with Crippen LogP contribution in [0.4, 0.5) is 5.69 Å². The van der Waals surface area contributed by atoms with E-state index in [0.717, 1.165) is 12.2 Å². The largest absolute Gasteiger partial charge is 0.325 e. The van der Waals surface area contributed by atoms with Gasteiger partial charge in [0.25, 0.3) is 0 Å². The Morgan fingerprint density at radius 2 is 2.32 bits per heavy atom. The molecule has 104 valence electrons. The Balaban J connectivity index is 1.89. The fourth-order valence-electron chi connectivity index (χ4n) is 2.48. The van der Waals surface area contributed by atoms with Gasteiger partial charge >= 0.3 is 0 Å². The zero-order chi connectivity index (χ0) is 13.7. The van der Waals surface area contributed by atoms with Crippen LogP contribution in [0.2, 0.25) is 0 Å². The first-order chi connectivity index (χ1) is 9.19. The minimum atomic E-state index is 0.0898. The molecule has 4 heteroatoms. The molecule has 1 saturated heterocycles. The molecule has 1 unspecified atom stereocenters. The van der Waals surface area contributed by atoms with E-state index in [9.17, 15) is 4.79 Å². The number of anilines is 1. The first-order valence-corrected chi connectivity index (χ1v) is 8.09. The topological polar surface area (TPSA) is 32.3 Å². The summed E-state index contributed by atoms with van der Waals surface area (Å²) in [4.78, 5) is 15.5. The van der Waals surface area contributed by atoms with E-state index in [2.05, 4.69) is 17.1 Å². The standard InChI is InChI=1S/C15H22N2OS/c1-12-6-3-4-9-17(12)11-15(18)16-13-7-5-8-14(10-13)19-2/h5,7-8,10,12H,3-4,6,9,11H2,1-2H3,(H,16,18). The van der Waals surface area contributed by atoms with Crippen molar-refractivity contribution < 1.29 is 4.79 Å². The lowest BCUT2D eigenvalue weighted by atomic mass is 10.0. The molecule has 1 aliphatic heterocycles. The maximum atomic E-state index is 12.1. The van der Waals surface area contributed by atoms with E-state index in [1.807, 2.05) is 30.5 Å². The van der Waals surface area contributed by atoms with Crippen molar-refractivity contribution in [2.45, 2.75) is 37.1 Å². The zero-order valence-electron chi connectivity index (χ0n) is 11.7. The van der Waals surface area contributed by atoms with Crippen LogP contribution in [0.15, 0.2) is 29.2 Å². The predicted molar refractivity (Wildman–Crippen MR) is 81.7 cm³/mol. The summed E-state index contributed by atoms with van der Waals surface area (Å²) >= 11 is 1.68. The molecule has 19 heavy (non-hydrogen) atoms. The Kier molecular flexibility index (Phi) is 5.28. The molecule has 0 saturated carbocycles. The lowest BCUT2D eigenvalue weighted by molar-refractivity contribution is -0.118. The number of nitrogens with one attached hydrogen (secondary N) is 1. The summed E-state index contributed by atoms with van der Waals surface area (Å²) < 4.78 is 0. The summed E-state index contributed by atoms with van der Waals surface area (Å²) in [6, 6.07) is 8.51. The molecule has 1 fully saturated rings. The number of rotatable bonds is 4. The second-order valence-corrected chi connectivity index (χ2v) is 5.98. The van der Waals surface area contributed by atoms with Crippen molar-refractivity contribution in [3.63, 3.8) is 0 Å². The quantitative estimate of drug-likeness (QED) is 0.858. The van der Waals surface area contributed by atoms with Gasteiger partial charge in [0.2, 0.25) is 5.91 Å². The second-order valence-electron chi connectivity index (χ2n) is 5.10. The minimum Gasteiger partial charge on any atom is -0.325 e. The number of hydrogen-bond donors (Lipinski definition) is 1. The van der Waals surface area contributed by atoms with Gasteiger partial charge in [-0.25, -0.2) is 0 Å². The lowest BCUT2D eigenvalue weighted by Crippen LogP contribution is -2.42. The Hall–Kier alpha value is -1.00. The summed E-state index contributed by atoms with van der Waals surface area (Å²) in [6.45, 7) is 3.75. The molecule has 0 bridgehead atoms. The molecule has 0 aliphatic carbocycles. The van der Waals surface area contributed by atoms with Crippen molar-refractivity contribution in [2.75, 3.05) is 24.7 Å². The third kappa shape index (κ3) is 4.25. The number of carbonyl (C=O) groups is 1. The molecule has 3 nitrogen and oxygen atoms in total. The molecule has 1 aliphatic rings. The third-order valence-electron chi connectivity index (χ3n) is 3.64. The predicted octanol–water partition coefficient (Wildman–Crippen LogP) is 3.22. The maximum absolute atomic E-state index is 12.1. The van der Waals surface area contributed by atoms with E-state index in [0.29, 0.717) is 12.6 Å². The van der Waals surface area contributed by atoms with Crippen molar-refractivity contribution >= 4 is 23.4 Å². The van der Waals surface area contributed by atoms with E-state index >= 15 is 0 Å². The molecule has 0 radical (unpaired) electrons. The molecule has 1 amide bonds. The Morgan fingerprint density at radius 1 is 1.47 bits per heavy atom. The number of thioether (sulfide) groups is 1. The highest BCUT2D eigenvalue weighted by molar-refractivity contribution is 7.98. The summed E-state index contributed by atoms with van der Waals surface area (Å²) in [5, 5.41) is 2.99. The zero-order valence-corrected chi connectivity index (χ0v) is 12.5. The van der Waals surface area contributed by atoms with E-state index in [1.165, 1.54) is 24.2 Å². The highest BCUT2D eigenvalue weighted by atomic mass is 32.2. The molecular weight excluding hydrogens is 256 g/mol. The van der Waals surface area contributed by atoms with Crippen LogP contribution in [0.3, 0.4) is 0 Å². The summed E-state index contributed by atoms with van der Waals surface area (Å²) in [5.41, 5.74) is 0.890. The molecular formula is C15H22N2OS. The van der Waals surface area contributed by atoms with Gasteiger partial charge in [0.05, 0.1) is 6.54 Å². The molecule has 1 N–H and O–H groups in total. The van der Waals surface area contributed by atoms with Crippen molar-refractivity contribution in [3.8, 4) is 0 Å². The van der Waals surface area contributed by atoms with Gasteiger partial charge in [-0.2, -0.15) is 0 Å². The van der Waals surface area contributed by atoms with Gasteiger partial charge in [0.1, 0.15) is 0 Å². The Labute approximate surface area is 119 Å².